The first-order valence-corrected chi connectivity index (χ1v) is 7.29. The molecule has 0 aromatic heterocycles. The number of sulfonamides is 1. The van der Waals surface area contributed by atoms with Crippen molar-refractivity contribution in [3.8, 4) is 0 Å². The van der Waals surface area contributed by atoms with E-state index in [-0.39, 0.29) is 24.1 Å². The lowest BCUT2D eigenvalue weighted by atomic mass is 10.1. The SMILES string of the molecule is CCCC(C)CS(=O)(=O)NCCCNC.Cl. The summed E-state index contributed by atoms with van der Waals surface area (Å²) in [5.74, 6) is 0.497. The van der Waals surface area contributed by atoms with Crippen molar-refractivity contribution >= 4 is 22.4 Å². The molecule has 4 nitrogen and oxygen atoms in total. The fourth-order valence-corrected chi connectivity index (χ4v) is 2.99. The molecule has 0 aromatic rings. The van der Waals surface area contributed by atoms with Crippen LogP contribution in [0.1, 0.15) is 33.1 Å². The van der Waals surface area contributed by atoms with Gasteiger partial charge in [-0.05, 0) is 32.4 Å². The fourth-order valence-electron chi connectivity index (χ4n) is 1.50. The number of hydrogen-bond donors (Lipinski definition) is 2. The highest BCUT2D eigenvalue weighted by molar-refractivity contribution is 7.89. The quantitative estimate of drug-likeness (QED) is 0.624. The van der Waals surface area contributed by atoms with E-state index in [1.807, 2.05) is 14.0 Å². The van der Waals surface area contributed by atoms with E-state index in [0.29, 0.717) is 6.54 Å². The van der Waals surface area contributed by atoms with Gasteiger partial charge in [0.25, 0.3) is 0 Å². The molecule has 0 fully saturated rings. The monoisotopic (exact) mass is 272 g/mol. The molecule has 0 spiro atoms. The van der Waals surface area contributed by atoms with Crippen molar-refractivity contribution in [2.75, 3.05) is 25.9 Å². The molecule has 0 saturated heterocycles. The second-order valence-corrected chi connectivity index (χ2v) is 5.88. The minimum Gasteiger partial charge on any atom is -0.320 e. The molecule has 0 bridgehead atoms. The van der Waals surface area contributed by atoms with Gasteiger partial charge in [0, 0.05) is 6.54 Å². The van der Waals surface area contributed by atoms with E-state index in [4.69, 9.17) is 0 Å². The summed E-state index contributed by atoms with van der Waals surface area (Å²) in [5, 5.41) is 2.98. The van der Waals surface area contributed by atoms with Crippen LogP contribution < -0.4 is 10.0 Å². The van der Waals surface area contributed by atoms with Gasteiger partial charge in [-0.1, -0.05) is 20.3 Å². The third-order valence-corrected chi connectivity index (χ3v) is 3.86. The van der Waals surface area contributed by atoms with Crippen LogP contribution in [0.5, 0.6) is 0 Å². The van der Waals surface area contributed by atoms with Crippen molar-refractivity contribution in [1.29, 1.82) is 0 Å². The minimum absolute atomic E-state index is 0. The highest BCUT2D eigenvalue weighted by Crippen LogP contribution is 2.07. The topological polar surface area (TPSA) is 58.2 Å². The molecule has 1 unspecified atom stereocenters. The van der Waals surface area contributed by atoms with E-state index in [2.05, 4.69) is 17.0 Å². The molecule has 100 valence electrons. The standard InChI is InChI=1S/C10H24N2O2S.ClH/c1-4-6-10(2)9-15(13,14)12-8-5-7-11-3;/h10-12H,4-9H2,1-3H3;1H. The number of rotatable bonds is 9. The van der Waals surface area contributed by atoms with Gasteiger partial charge in [0.2, 0.25) is 10.0 Å². The van der Waals surface area contributed by atoms with Crippen LogP contribution in [-0.4, -0.2) is 34.3 Å². The van der Waals surface area contributed by atoms with E-state index in [0.717, 1.165) is 25.8 Å². The lowest BCUT2D eigenvalue weighted by Crippen LogP contribution is -2.31. The van der Waals surface area contributed by atoms with Crippen molar-refractivity contribution in [1.82, 2.24) is 10.0 Å². The molecule has 2 N–H and O–H groups in total. The van der Waals surface area contributed by atoms with Crippen LogP contribution in [0.25, 0.3) is 0 Å². The van der Waals surface area contributed by atoms with Gasteiger partial charge in [-0.25, -0.2) is 13.1 Å². The van der Waals surface area contributed by atoms with E-state index in [1.54, 1.807) is 0 Å². The molecule has 0 aliphatic rings. The first kappa shape index (κ1) is 18.5. The van der Waals surface area contributed by atoms with Crippen LogP contribution in [-0.2, 0) is 10.0 Å². The van der Waals surface area contributed by atoms with Crippen LogP contribution in [0.15, 0.2) is 0 Å². The zero-order valence-corrected chi connectivity index (χ0v) is 12.1. The summed E-state index contributed by atoms with van der Waals surface area (Å²) in [5.41, 5.74) is 0. The third kappa shape index (κ3) is 10.7. The Kier molecular flexibility index (Phi) is 12.0. The molecular weight excluding hydrogens is 248 g/mol. The summed E-state index contributed by atoms with van der Waals surface area (Å²) >= 11 is 0. The van der Waals surface area contributed by atoms with Gasteiger partial charge in [-0.2, -0.15) is 0 Å². The second kappa shape index (κ2) is 10.3. The zero-order valence-electron chi connectivity index (χ0n) is 10.5. The highest BCUT2D eigenvalue weighted by atomic mass is 35.5. The maximum absolute atomic E-state index is 11.5. The third-order valence-electron chi connectivity index (χ3n) is 2.21. The molecule has 1 atom stereocenters. The Morgan fingerprint density at radius 3 is 2.38 bits per heavy atom. The van der Waals surface area contributed by atoms with E-state index >= 15 is 0 Å². The van der Waals surface area contributed by atoms with E-state index in [1.165, 1.54) is 0 Å². The smallest absolute Gasteiger partial charge is 0.211 e. The predicted octanol–water partition coefficient (Wildman–Crippen LogP) is 1.37. The zero-order chi connectivity index (χ0) is 11.7. The van der Waals surface area contributed by atoms with Gasteiger partial charge in [-0.15, -0.1) is 12.4 Å². The maximum Gasteiger partial charge on any atom is 0.211 e. The van der Waals surface area contributed by atoms with Crippen LogP contribution in [0.4, 0.5) is 0 Å². The summed E-state index contributed by atoms with van der Waals surface area (Å²) in [6.07, 6.45) is 2.84. The summed E-state index contributed by atoms with van der Waals surface area (Å²) in [6, 6.07) is 0. The van der Waals surface area contributed by atoms with Crippen LogP contribution in [0, 0.1) is 5.92 Å². The summed E-state index contributed by atoms with van der Waals surface area (Å²) in [4.78, 5) is 0. The van der Waals surface area contributed by atoms with Crippen molar-refractivity contribution in [2.24, 2.45) is 5.92 Å². The largest absolute Gasteiger partial charge is 0.320 e. The van der Waals surface area contributed by atoms with Gasteiger partial charge < -0.3 is 5.32 Å². The Hall–Kier alpha value is 0.160. The summed E-state index contributed by atoms with van der Waals surface area (Å²) in [6.45, 7) is 5.43. The Bertz CT molecular complexity index is 245. The molecular formula is C10H25ClN2O2S. The lowest BCUT2D eigenvalue weighted by Gasteiger charge is -2.11. The van der Waals surface area contributed by atoms with Crippen LogP contribution >= 0.6 is 12.4 Å². The molecule has 0 amide bonds. The Morgan fingerprint density at radius 2 is 1.88 bits per heavy atom. The fraction of sp³-hybridized carbons (Fsp3) is 1.00. The summed E-state index contributed by atoms with van der Waals surface area (Å²) < 4.78 is 25.7. The average molecular weight is 273 g/mol. The van der Waals surface area contributed by atoms with Gasteiger partial charge in [-0.3, -0.25) is 0 Å². The highest BCUT2D eigenvalue weighted by Gasteiger charge is 2.13. The average Bonchev–Trinajstić information content (AvgIpc) is 2.12. The minimum atomic E-state index is -3.06. The van der Waals surface area contributed by atoms with Gasteiger partial charge >= 0.3 is 0 Å². The molecule has 0 saturated carbocycles. The van der Waals surface area contributed by atoms with Crippen molar-refractivity contribution in [3.05, 3.63) is 0 Å². The number of hydrogen-bond acceptors (Lipinski definition) is 3. The van der Waals surface area contributed by atoms with Crippen LogP contribution in [0.3, 0.4) is 0 Å². The Labute approximate surface area is 106 Å². The van der Waals surface area contributed by atoms with E-state index < -0.39 is 10.0 Å². The van der Waals surface area contributed by atoms with Crippen molar-refractivity contribution in [3.63, 3.8) is 0 Å². The molecule has 6 heteroatoms. The first-order valence-electron chi connectivity index (χ1n) is 5.63. The van der Waals surface area contributed by atoms with Gasteiger partial charge in [0.05, 0.1) is 5.75 Å². The Balaban J connectivity index is 0. The van der Waals surface area contributed by atoms with Crippen molar-refractivity contribution < 1.29 is 8.42 Å². The molecule has 0 rings (SSSR count). The first-order chi connectivity index (χ1) is 7.02. The molecule has 0 aromatic carbocycles. The number of nitrogens with one attached hydrogen (secondary N) is 2. The second-order valence-electron chi connectivity index (χ2n) is 4.03. The maximum atomic E-state index is 11.5. The molecule has 0 aliphatic carbocycles. The molecule has 0 heterocycles. The van der Waals surface area contributed by atoms with Crippen LogP contribution in [0.2, 0.25) is 0 Å². The molecule has 0 aliphatic heterocycles. The van der Waals surface area contributed by atoms with Crippen molar-refractivity contribution in [2.45, 2.75) is 33.1 Å². The normalized spacial score (nSPS) is 13.2. The van der Waals surface area contributed by atoms with E-state index in [9.17, 15) is 8.42 Å². The molecule has 16 heavy (non-hydrogen) atoms. The number of halogens is 1. The molecule has 0 radical (unpaired) electrons. The lowest BCUT2D eigenvalue weighted by molar-refractivity contribution is 0.534. The van der Waals surface area contributed by atoms with Gasteiger partial charge in [0.15, 0.2) is 0 Å². The van der Waals surface area contributed by atoms with Gasteiger partial charge in [0.1, 0.15) is 0 Å². The Morgan fingerprint density at radius 1 is 1.25 bits per heavy atom. The summed E-state index contributed by atoms with van der Waals surface area (Å²) in [7, 11) is -1.20. The predicted molar refractivity (Wildman–Crippen MR) is 71.7 cm³/mol.